The molecule has 1 atom stereocenters. The molecule has 0 amide bonds. The van der Waals surface area contributed by atoms with Gasteiger partial charge in [0.15, 0.2) is 0 Å². The summed E-state index contributed by atoms with van der Waals surface area (Å²) in [5.41, 5.74) is 0. The van der Waals surface area contributed by atoms with Gasteiger partial charge in [0.25, 0.3) is 0 Å². The van der Waals surface area contributed by atoms with E-state index in [9.17, 15) is 0 Å². The van der Waals surface area contributed by atoms with Crippen LogP contribution in [-0.2, 0) is 0 Å². The summed E-state index contributed by atoms with van der Waals surface area (Å²) in [7, 11) is 0. The van der Waals surface area contributed by atoms with E-state index in [0.717, 1.165) is 24.9 Å². The summed E-state index contributed by atoms with van der Waals surface area (Å²) in [5.74, 6) is 3.72. The van der Waals surface area contributed by atoms with Crippen LogP contribution in [0.25, 0.3) is 0 Å². The molecule has 1 N–H and O–H groups in total. The van der Waals surface area contributed by atoms with Crippen molar-refractivity contribution in [3.63, 3.8) is 0 Å². The molecule has 0 saturated heterocycles. The zero-order valence-corrected chi connectivity index (χ0v) is 9.39. The van der Waals surface area contributed by atoms with Crippen LogP contribution >= 0.6 is 0 Å². The predicted molar refractivity (Wildman–Crippen MR) is 62.1 cm³/mol. The van der Waals surface area contributed by atoms with Crippen LogP contribution in [0.2, 0.25) is 0 Å². The highest BCUT2D eigenvalue weighted by atomic mass is 14.9. The van der Waals surface area contributed by atoms with Crippen molar-refractivity contribution in [2.45, 2.75) is 57.9 Å². The third-order valence-electron chi connectivity index (χ3n) is 3.21. The van der Waals surface area contributed by atoms with Crippen LogP contribution in [0.5, 0.6) is 0 Å². The van der Waals surface area contributed by atoms with Gasteiger partial charge in [-0.2, -0.15) is 0 Å². The Balaban J connectivity index is 2.12. The van der Waals surface area contributed by atoms with Gasteiger partial charge in [-0.1, -0.05) is 26.2 Å². The number of hydrogen-bond donors (Lipinski definition) is 1. The van der Waals surface area contributed by atoms with Crippen LogP contribution in [0.4, 0.5) is 0 Å². The zero-order valence-electron chi connectivity index (χ0n) is 9.39. The Kier molecular flexibility index (Phi) is 5.71. The van der Waals surface area contributed by atoms with Crippen molar-refractivity contribution in [3.05, 3.63) is 0 Å². The summed E-state index contributed by atoms with van der Waals surface area (Å²) in [6.07, 6.45) is 14.4. The molecule has 0 aromatic heterocycles. The monoisotopic (exact) mass is 193 g/mol. The molecule has 0 aliphatic heterocycles. The highest BCUT2D eigenvalue weighted by Crippen LogP contribution is 2.31. The summed E-state index contributed by atoms with van der Waals surface area (Å²) < 4.78 is 0. The number of unbranched alkanes of at least 4 members (excludes halogenated alkanes) is 1. The molecule has 0 heterocycles. The molecule has 1 unspecified atom stereocenters. The maximum atomic E-state index is 5.26. The maximum absolute atomic E-state index is 5.26. The summed E-state index contributed by atoms with van der Waals surface area (Å²) in [6.45, 7) is 3.28. The van der Waals surface area contributed by atoms with Crippen molar-refractivity contribution in [2.24, 2.45) is 5.92 Å². The third kappa shape index (κ3) is 4.15. The second kappa shape index (κ2) is 6.90. The number of nitrogens with one attached hydrogen (secondary N) is 1. The second-order valence-corrected chi connectivity index (χ2v) is 4.38. The lowest BCUT2D eigenvalue weighted by atomic mass is 9.80. The normalized spacial score (nSPS) is 18.6. The summed E-state index contributed by atoms with van der Waals surface area (Å²) >= 11 is 0. The lowest BCUT2D eigenvalue weighted by molar-refractivity contribution is 0.254. The fourth-order valence-electron chi connectivity index (χ4n) is 2.17. The topological polar surface area (TPSA) is 12.0 Å². The van der Waals surface area contributed by atoms with E-state index in [2.05, 4.69) is 18.2 Å². The average Bonchev–Trinajstić information content (AvgIpc) is 2.11. The first-order chi connectivity index (χ1) is 6.86. The molecular formula is C13H23N. The maximum Gasteiger partial charge on any atom is 0.00866 e. The molecule has 0 radical (unpaired) electrons. The van der Waals surface area contributed by atoms with Crippen LogP contribution in [0, 0.1) is 18.3 Å². The van der Waals surface area contributed by atoms with E-state index < -0.39 is 0 Å². The van der Waals surface area contributed by atoms with E-state index in [4.69, 9.17) is 6.42 Å². The lowest BCUT2D eigenvalue weighted by Gasteiger charge is -2.30. The van der Waals surface area contributed by atoms with Crippen molar-refractivity contribution in [2.75, 3.05) is 6.54 Å². The van der Waals surface area contributed by atoms with Gasteiger partial charge in [-0.25, -0.2) is 0 Å². The van der Waals surface area contributed by atoms with Crippen LogP contribution in [-0.4, -0.2) is 12.6 Å². The first-order valence-corrected chi connectivity index (χ1v) is 6.03. The number of hydrogen-bond acceptors (Lipinski definition) is 1. The molecule has 1 aliphatic carbocycles. The molecule has 14 heavy (non-hydrogen) atoms. The van der Waals surface area contributed by atoms with Gasteiger partial charge in [-0.15, -0.1) is 12.3 Å². The Morgan fingerprint density at radius 2 is 2.29 bits per heavy atom. The highest BCUT2D eigenvalue weighted by molar-refractivity contribution is 4.84. The van der Waals surface area contributed by atoms with E-state index in [1.807, 2.05) is 0 Å². The minimum Gasteiger partial charge on any atom is -0.314 e. The van der Waals surface area contributed by atoms with Gasteiger partial charge >= 0.3 is 0 Å². The van der Waals surface area contributed by atoms with Gasteiger partial charge in [0.05, 0.1) is 0 Å². The first kappa shape index (κ1) is 11.6. The molecule has 1 fully saturated rings. The Morgan fingerprint density at radius 1 is 1.50 bits per heavy atom. The molecular weight excluding hydrogens is 170 g/mol. The molecule has 0 spiro atoms. The quantitative estimate of drug-likeness (QED) is 0.484. The molecule has 1 heteroatoms. The molecule has 0 aromatic rings. The van der Waals surface area contributed by atoms with Crippen molar-refractivity contribution in [3.8, 4) is 12.3 Å². The first-order valence-electron chi connectivity index (χ1n) is 6.03. The van der Waals surface area contributed by atoms with Gasteiger partial charge in [-0.05, 0) is 31.7 Å². The summed E-state index contributed by atoms with van der Waals surface area (Å²) in [4.78, 5) is 0. The molecule has 0 bridgehead atoms. The zero-order chi connectivity index (χ0) is 10.2. The van der Waals surface area contributed by atoms with E-state index in [0.29, 0.717) is 0 Å². The molecule has 1 rings (SSSR count). The van der Waals surface area contributed by atoms with Crippen LogP contribution < -0.4 is 5.32 Å². The Morgan fingerprint density at radius 3 is 2.79 bits per heavy atom. The Hall–Kier alpha value is -0.480. The lowest BCUT2D eigenvalue weighted by Crippen LogP contribution is -2.32. The van der Waals surface area contributed by atoms with E-state index in [-0.39, 0.29) is 0 Å². The van der Waals surface area contributed by atoms with Crippen molar-refractivity contribution < 1.29 is 0 Å². The fraction of sp³-hybridized carbons (Fsp3) is 0.846. The molecule has 1 saturated carbocycles. The minimum absolute atomic E-state index is 0.721. The van der Waals surface area contributed by atoms with E-state index in [1.54, 1.807) is 0 Å². The van der Waals surface area contributed by atoms with Gasteiger partial charge < -0.3 is 5.32 Å². The Bertz CT molecular complexity index is 176. The third-order valence-corrected chi connectivity index (χ3v) is 3.21. The predicted octanol–water partition coefficient (Wildman–Crippen LogP) is 2.96. The van der Waals surface area contributed by atoms with Gasteiger partial charge in [0.2, 0.25) is 0 Å². The van der Waals surface area contributed by atoms with Gasteiger partial charge in [0.1, 0.15) is 0 Å². The SMILES string of the molecule is C#CCCCC(CC1CCC1)NCC. The van der Waals surface area contributed by atoms with E-state index >= 15 is 0 Å². The molecule has 1 nitrogen and oxygen atoms in total. The van der Waals surface area contributed by atoms with Crippen molar-refractivity contribution >= 4 is 0 Å². The molecule has 1 aliphatic rings. The van der Waals surface area contributed by atoms with Crippen LogP contribution in [0.3, 0.4) is 0 Å². The fourth-order valence-corrected chi connectivity index (χ4v) is 2.17. The average molecular weight is 193 g/mol. The number of rotatable bonds is 7. The summed E-state index contributed by atoms with van der Waals surface area (Å²) in [5, 5.41) is 3.57. The standard InChI is InChI=1S/C13H23N/c1-3-5-6-10-13(14-4-2)11-12-8-7-9-12/h1,12-14H,4-11H2,2H3. The van der Waals surface area contributed by atoms with E-state index in [1.165, 1.54) is 38.5 Å². The highest BCUT2D eigenvalue weighted by Gasteiger charge is 2.21. The van der Waals surface area contributed by atoms with Crippen LogP contribution in [0.1, 0.15) is 51.9 Å². The van der Waals surface area contributed by atoms with Crippen molar-refractivity contribution in [1.82, 2.24) is 5.32 Å². The smallest absolute Gasteiger partial charge is 0.00866 e. The minimum atomic E-state index is 0.721. The molecule has 0 aromatic carbocycles. The number of terminal acetylenes is 1. The second-order valence-electron chi connectivity index (χ2n) is 4.38. The van der Waals surface area contributed by atoms with Crippen molar-refractivity contribution in [1.29, 1.82) is 0 Å². The summed E-state index contributed by atoms with van der Waals surface area (Å²) in [6, 6.07) is 0.721. The Labute approximate surface area is 88.7 Å². The van der Waals surface area contributed by atoms with Gasteiger partial charge in [0, 0.05) is 12.5 Å². The van der Waals surface area contributed by atoms with Gasteiger partial charge in [-0.3, -0.25) is 0 Å². The van der Waals surface area contributed by atoms with Crippen LogP contribution in [0.15, 0.2) is 0 Å². The largest absolute Gasteiger partial charge is 0.314 e. The molecule has 80 valence electrons.